The number of nitrogens with two attached hydrogens (primary N) is 1. The Morgan fingerprint density at radius 3 is 2.30 bits per heavy atom. The van der Waals surface area contributed by atoms with Crippen LogP contribution in [0, 0.1) is 0 Å². The highest BCUT2D eigenvalue weighted by Crippen LogP contribution is 2.23. The fourth-order valence-electron chi connectivity index (χ4n) is 2.49. The summed E-state index contributed by atoms with van der Waals surface area (Å²) in [6.45, 7) is 3.01. The molecule has 0 spiro atoms. The molecule has 112 valence electrons. The Hall–Kier alpha value is -1.27. The number of nitrogens with zero attached hydrogens (tertiary/aromatic N) is 1. The van der Waals surface area contributed by atoms with Gasteiger partial charge in [0, 0.05) is 12.6 Å². The molecular formula is C14H19F3N2O. The number of alkyl halides is 3. The number of likely N-dealkylation sites (tertiary alicyclic amines) is 1. The van der Waals surface area contributed by atoms with Gasteiger partial charge in [-0.25, -0.2) is 0 Å². The molecule has 1 saturated heterocycles. The third-order valence-corrected chi connectivity index (χ3v) is 3.35. The number of hydrogen-bond donors (Lipinski definition) is 1. The van der Waals surface area contributed by atoms with Crippen LogP contribution in [0.15, 0.2) is 24.3 Å². The van der Waals surface area contributed by atoms with Gasteiger partial charge in [-0.05, 0) is 50.0 Å². The van der Waals surface area contributed by atoms with Crippen molar-refractivity contribution in [1.82, 2.24) is 4.90 Å². The highest BCUT2D eigenvalue weighted by Gasteiger charge is 2.30. The zero-order valence-electron chi connectivity index (χ0n) is 11.2. The quantitative estimate of drug-likeness (QED) is 0.905. The Labute approximate surface area is 116 Å². The normalized spacial score (nSPS) is 18.2. The van der Waals surface area contributed by atoms with E-state index >= 15 is 0 Å². The average Bonchev–Trinajstić information content (AvgIpc) is 2.82. The van der Waals surface area contributed by atoms with Gasteiger partial charge in [0.2, 0.25) is 0 Å². The molecule has 2 N–H and O–H groups in total. The third-order valence-electron chi connectivity index (χ3n) is 3.35. The minimum Gasteiger partial charge on any atom is -0.406 e. The fourth-order valence-corrected chi connectivity index (χ4v) is 2.49. The van der Waals surface area contributed by atoms with Crippen molar-refractivity contribution in [2.45, 2.75) is 31.7 Å². The van der Waals surface area contributed by atoms with Crippen LogP contribution in [0.3, 0.4) is 0 Å². The maximum absolute atomic E-state index is 12.0. The maximum atomic E-state index is 12.0. The van der Waals surface area contributed by atoms with Crippen LogP contribution in [0.25, 0.3) is 0 Å². The predicted molar refractivity (Wildman–Crippen MR) is 70.5 cm³/mol. The summed E-state index contributed by atoms with van der Waals surface area (Å²) >= 11 is 0. The number of hydrogen-bond acceptors (Lipinski definition) is 3. The van der Waals surface area contributed by atoms with E-state index in [9.17, 15) is 13.2 Å². The predicted octanol–water partition coefficient (Wildman–Crippen LogP) is 2.55. The minimum absolute atomic E-state index is 0.00230. The monoisotopic (exact) mass is 288 g/mol. The van der Waals surface area contributed by atoms with Crippen molar-refractivity contribution in [2.75, 3.05) is 19.6 Å². The second kappa shape index (κ2) is 6.45. The lowest BCUT2D eigenvalue weighted by Gasteiger charge is -2.20. The first-order chi connectivity index (χ1) is 9.42. The first-order valence-electron chi connectivity index (χ1n) is 6.75. The van der Waals surface area contributed by atoms with Crippen molar-refractivity contribution < 1.29 is 17.9 Å². The van der Waals surface area contributed by atoms with Gasteiger partial charge in [0.05, 0.1) is 0 Å². The Morgan fingerprint density at radius 2 is 1.75 bits per heavy atom. The van der Waals surface area contributed by atoms with Crippen molar-refractivity contribution in [3.05, 3.63) is 29.8 Å². The highest BCUT2D eigenvalue weighted by atomic mass is 19.4. The molecule has 1 aromatic rings. The summed E-state index contributed by atoms with van der Waals surface area (Å²) in [6.07, 6.45) is -1.55. The van der Waals surface area contributed by atoms with Crippen LogP contribution in [0.4, 0.5) is 13.2 Å². The summed E-state index contributed by atoms with van der Waals surface area (Å²) in [5.74, 6) is -0.200. The second-order valence-electron chi connectivity index (χ2n) is 5.16. The number of benzene rings is 1. The van der Waals surface area contributed by atoms with E-state index in [2.05, 4.69) is 9.64 Å². The molecule has 1 aromatic carbocycles. The number of halogens is 3. The van der Waals surface area contributed by atoms with Gasteiger partial charge in [-0.15, -0.1) is 13.2 Å². The molecule has 1 aliphatic rings. The van der Waals surface area contributed by atoms with Crippen molar-refractivity contribution in [3.63, 3.8) is 0 Å². The van der Waals surface area contributed by atoms with Crippen LogP contribution in [0.2, 0.25) is 0 Å². The number of rotatable bonds is 5. The van der Waals surface area contributed by atoms with Crippen LogP contribution in [0.1, 0.15) is 18.4 Å². The molecular weight excluding hydrogens is 269 g/mol. The molecule has 0 aromatic heterocycles. The Bertz CT molecular complexity index is 413. The average molecular weight is 288 g/mol. The van der Waals surface area contributed by atoms with Crippen LogP contribution in [-0.2, 0) is 6.42 Å². The molecule has 1 atom stereocenters. The third kappa shape index (κ3) is 5.02. The van der Waals surface area contributed by atoms with E-state index in [4.69, 9.17) is 5.73 Å². The van der Waals surface area contributed by atoms with Gasteiger partial charge in [-0.2, -0.15) is 0 Å². The fraction of sp³-hybridized carbons (Fsp3) is 0.571. The van der Waals surface area contributed by atoms with Gasteiger partial charge < -0.3 is 15.4 Å². The van der Waals surface area contributed by atoms with Crippen LogP contribution in [-0.4, -0.2) is 36.9 Å². The lowest BCUT2D eigenvalue weighted by molar-refractivity contribution is -0.274. The molecule has 2 rings (SSSR count). The Balaban J connectivity index is 1.83. The molecule has 20 heavy (non-hydrogen) atoms. The highest BCUT2D eigenvalue weighted by molar-refractivity contribution is 5.28. The molecule has 0 unspecified atom stereocenters. The smallest absolute Gasteiger partial charge is 0.406 e. The van der Waals surface area contributed by atoms with Crippen LogP contribution < -0.4 is 10.5 Å². The molecule has 0 bridgehead atoms. The summed E-state index contributed by atoms with van der Waals surface area (Å²) in [7, 11) is 0. The van der Waals surface area contributed by atoms with E-state index in [0.717, 1.165) is 25.2 Å². The van der Waals surface area contributed by atoms with Crippen LogP contribution >= 0.6 is 0 Å². The summed E-state index contributed by atoms with van der Waals surface area (Å²) in [5, 5.41) is 0. The molecule has 0 aliphatic carbocycles. The van der Waals surface area contributed by atoms with Crippen molar-refractivity contribution in [3.8, 4) is 5.75 Å². The molecule has 0 saturated carbocycles. The molecule has 1 fully saturated rings. The van der Waals surface area contributed by atoms with Gasteiger partial charge in [0.1, 0.15) is 5.75 Å². The molecule has 3 nitrogen and oxygen atoms in total. The van der Waals surface area contributed by atoms with Crippen molar-refractivity contribution in [1.29, 1.82) is 0 Å². The lowest BCUT2D eigenvalue weighted by atomic mass is 10.1. The summed E-state index contributed by atoms with van der Waals surface area (Å²) < 4.78 is 39.9. The van der Waals surface area contributed by atoms with Gasteiger partial charge in [-0.1, -0.05) is 12.1 Å². The van der Waals surface area contributed by atoms with Crippen molar-refractivity contribution >= 4 is 0 Å². The van der Waals surface area contributed by atoms with Crippen LogP contribution in [0.5, 0.6) is 5.75 Å². The second-order valence-corrected chi connectivity index (χ2v) is 5.16. The lowest BCUT2D eigenvalue weighted by Crippen LogP contribution is -2.37. The first kappa shape index (κ1) is 15.1. The zero-order valence-corrected chi connectivity index (χ0v) is 11.2. The van der Waals surface area contributed by atoms with Gasteiger partial charge in [0.25, 0.3) is 0 Å². The minimum atomic E-state index is -4.65. The Kier molecular flexibility index (Phi) is 4.88. The van der Waals surface area contributed by atoms with E-state index in [0.29, 0.717) is 6.42 Å². The van der Waals surface area contributed by atoms with Crippen molar-refractivity contribution in [2.24, 2.45) is 5.73 Å². The molecule has 1 heterocycles. The summed E-state index contributed by atoms with van der Waals surface area (Å²) in [5.41, 5.74) is 6.99. The first-order valence-corrected chi connectivity index (χ1v) is 6.75. The standard InChI is InChI=1S/C14H19F3N2O/c15-14(16,17)20-13-5-3-11(4-6-13)9-12(18)10-19-7-1-2-8-19/h3-6,12H,1-2,7-10,18H2/t12-/m0/s1. The molecule has 0 radical (unpaired) electrons. The molecule has 1 aliphatic heterocycles. The van der Waals surface area contributed by atoms with E-state index in [1.807, 2.05) is 0 Å². The summed E-state index contributed by atoms with van der Waals surface area (Å²) in [6, 6.07) is 5.91. The SMILES string of the molecule is N[C@@H](Cc1ccc(OC(F)(F)F)cc1)CN1CCCC1. The van der Waals surface area contributed by atoms with E-state index in [1.54, 1.807) is 12.1 Å². The van der Waals surface area contributed by atoms with E-state index < -0.39 is 6.36 Å². The Morgan fingerprint density at radius 1 is 1.15 bits per heavy atom. The van der Waals surface area contributed by atoms with Gasteiger partial charge in [0.15, 0.2) is 0 Å². The molecule has 0 amide bonds. The van der Waals surface area contributed by atoms with Gasteiger partial charge >= 0.3 is 6.36 Å². The molecule has 6 heteroatoms. The van der Waals surface area contributed by atoms with E-state index in [1.165, 1.54) is 25.0 Å². The van der Waals surface area contributed by atoms with Gasteiger partial charge in [-0.3, -0.25) is 0 Å². The summed E-state index contributed by atoms with van der Waals surface area (Å²) in [4.78, 5) is 2.33. The largest absolute Gasteiger partial charge is 0.573 e. The topological polar surface area (TPSA) is 38.5 Å². The maximum Gasteiger partial charge on any atom is 0.573 e. The van der Waals surface area contributed by atoms with E-state index in [-0.39, 0.29) is 11.8 Å². The zero-order chi connectivity index (χ0) is 14.6. The number of ether oxygens (including phenoxy) is 1.